The Hall–Kier alpha value is -1.35. The van der Waals surface area contributed by atoms with Crippen molar-refractivity contribution >= 4 is 45.1 Å². The lowest BCUT2D eigenvalue weighted by Gasteiger charge is -2.14. The van der Waals surface area contributed by atoms with Crippen molar-refractivity contribution in [1.82, 2.24) is 4.72 Å². The number of hydrogen-bond acceptors (Lipinski definition) is 4. The van der Waals surface area contributed by atoms with Crippen LogP contribution in [0, 0.1) is 0 Å². The maximum atomic E-state index is 12.0. The number of sulfonamides is 1. The molecule has 1 aromatic rings. The van der Waals surface area contributed by atoms with Crippen LogP contribution in [0.1, 0.15) is 6.42 Å². The fourth-order valence-electron chi connectivity index (χ4n) is 1.31. The largest absolute Gasteiger partial charge is 0.480 e. The number of benzene rings is 1. The van der Waals surface area contributed by atoms with E-state index in [1.165, 1.54) is 12.1 Å². The quantitative estimate of drug-likeness (QED) is 0.698. The molecule has 0 unspecified atom stereocenters. The Morgan fingerprint density at radius 2 is 1.95 bits per heavy atom. The predicted octanol–water partition coefficient (Wildman–Crippen LogP) is 0.600. The molecule has 110 valence electrons. The number of hydrogen-bond donors (Lipinski definition) is 3. The highest BCUT2D eigenvalue weighted by Crippen LogP contribution is 2.25. The lowest BCUT2D eigenvalue weighted by Crippen LogP contribution is -2.43. The summed E-state index contributed by atoms with van der Waals surface area (Å²) in [7, 11) is -4.26. The lowest BCUT2D eigenvalue weighted by molar-refractivity contribution is -0.140. The van der Waals surface area contributed by atoms with Gasteiger partial charge in [0.1, 0.15) is 10.9 Å². The zero-order valence-electron chi connectivity index (χ0n) is 9.84. The number of amides is 1. The first-order valence-corrected chi connectivity index (χ1v) is 7.36. The summed E-state index contributed by atoms with van der Waals surface area (Å²) in [5.74, 6) is -2.50. The second-order valence-corrected chi connectivity index (χ2v) is 6.28. The van der Waals surface area contributed by atoms with Gasteiger partial charge >= 0.3 is 5.97 Å². The van der Waals surface area contributed by atoms with E-state index in [0.717, 1.165) is 6.07 Å². The van der Waals surface area contributed by atoms with Gasteiger partial charge in [-0.2, -0.15) is 4.72 Å². The third-order valence-corrected chi connectivity index (χ3v) is 4.37. The fraction of sp³-hybridized carbons (Fsp3) is 0.200. The molecular weight excluding hydrogens is 331 g/mol. The van der Waals surface area contributed by atoms with Gasteiger partial charge in [-0.1, -0.05) is 23.2 Å². The molecule has 1 aromatic carbocycles. The minimum atomic E-state index is -4.26. The maximum Gasteiger partial charge on any atom is 0.322 e. The molecule has 0 fully saturated rings. The molecule has 0 saturated heterocycles. The number of nitrogens with two attached hydrogens (primary N) is 1. The van der Waals surface area contributed by atoms with Crippen molar-refractivity contribution in [1.29, 1.82) is 0 Å². The smallest absolute Gasteiger partial charge is 0.322 e. The molecule has 20 heavy (non-hydrogen) atoms. The molecule has 7 nitrogen and oxygen atoms in total. The van der Waals surface area contributed by atoms with Gasteiger partial charge in [0, 0.05) is 5.02 Å². The molecule has 0 aliphatic carbocycles. The van der Waals surface area contributed by atoms with E-state index in [4.69, 9.17) is 34.0 Å². The molecule has 10 heteroatoms. The van der Waals surface area contributed by atoms with Crippen molar-refractivity contribution in [3.63, 3.8) is 0 Å². The van der Waals surface area contributed by atoms with Crippen LogP contribution < -0.4 is 10.5 Å². The van der Waals surface area contributed by atoms with Crippen LogP contribution in [0.25, 0.3) is 0 Å². The third-order valence-electron chi connectivity index (χ3n) is 2.18. The van der Waals surface area contributed by atoms with E-state index < -0.39 is 34.4 Å². The van der Waals surface area contributed by atoms with E-state index in [-0.39, 0.29) is 14.9 Å². The summed E-state index contributed by atoms with van der Waals surface area (Å²) in [5.41, 5.74) is 4.86. The predicted molar refractivity (Wildman–Crippen MR) is 72.0 cm³/mol. The summed E-state index contributed by atoms with van der Waals surface area (Å²) in [6.45, 7) is 0. The van der Waals surface area contributed by atoms with Crippen LogP contribution in [-0.4, -0.2) is 31.4 Å². The van der Waals surface area contributed by atoms with Gasteiger partial charge in [-0.05, 0) is 18.2 Å². The van der Waals surface area contributed by atoms with Gasteiger partial charge < -0.3 is 10.8 Å². The Morgan fingerprint density at radius 3 is 2.45 bits per heavy atom. The normalized spacial score (nSPS) is 12.9. The number of carbonyl (C=O) groups is 2. The topological polar surface area (TPSA) is 127 Å². The van der Waals surface area contributed by atoms with E-state index in [1.807, 2.05) is 4.72 Å². The SMILES string of the molecule is NC(=O)C[C@H](NS(=O)(=O)c1cc(Cl)ccc1Cl)C(=O)O. The van der Waals surface area contributed by atoms with Gasteiger partial charge in [-0.25, -0.2) is 8.42 Å². The molecule has 0 aliphatic rings. The zero-order valence-corrected chi connectivity index (χ0v) is 12.2. The van der Waals surface area contributed by atoms with Gasteiger partial charge in [0.05, 0.1) is 11.4 Å². The Balaban J connectivity index is 3.12. The highest BCUT2D eigenvalue weighted by Gasteiger charge is 2.28. The Kier molecular flexibility index (Phi) is 5.35. The van der Waals surface area contributed by atoms with E-state index in [9.17, 15) is 18.0 Å². The monoisotopic (exact) mass is 340 g/mol. The van der Waals surface area contributed by atoms with Crippen molar-refractivity contribution in [2.45, 2.75) is 17.4 Å². The second kappa shape index (κ2) is 6.40. The van der Waals surface area contributed by atoms with Gasteiger partial charge in [0.25, 0.3) is 0 Å². The number of primary amides is 1. The van der Waals surface area contributed by atoms with E-state index >= 15 is 0 Å². The van der Waals surface area contributed by atoms with Crippen LogP contribution in [0.5, 0.6) is 0 Å². The zero-order chi connectivity index (χ0) is 15.5. The standard InChI is InChI=1S/C10H10Cl2N2O5S/c11-5-1-2-6(12)8(3-5)20(18,19)14-7(10(16)17)4-9(13)15/h1-3,7,14H,4H2,(H2,13,15)(H,16,17)/t7-/m0/s1. The van der Waals surface area contributed by atoms with E-state index in [1.54, 1.807) is 0 Å². The molecule has 0 spiro atoms. The molecule has 0 saturated carbocycles. The number of carboxylic acid groups (broad SMARTS) is 1. The molecular formula is C10H10Cl2N2O5S. The second-order valence-electron chi connectivity index (χ2n) is 3.76. The number of halogens is 2. The Morgan fingerprint density at radius 1 is 1.35 bits per heavy atom. The number of carbonyl (C=O) groups excluding carboxylic acids is 1. The molecule has 0 heterocycles. The first-order chi connectivity index (χ1) is 9.13. The van der Waals surface area contributed by atoms with Crippen LogP contribution in [0.3, 0.4) is 0 Å². The summed E-state index contributed by atoms with van der Waals surface area (Å²) in [5, 5.41) is 8.84. The van der Waals surface area contributed by atoms with Gasteiger partial charge in [0.2, 0.25) is 15.9 Å². The highest BCUT2D eigenvalue weighted by molar-refractivity contribution is 7.89. The van der Waals surface area contributed by atoms with Crippen molar-refractivity contribution in [3.8, 4) is 0 Å². The fourth-order valence-corrected chi connectivity index (χ4v) is 3.27. The van der Waals surface area contributed by atoms with Gasteiger partial charge in [-0.15, -0.1) is 0 Å². The molecule has 1 rings (SSSR count). The molecule has 1 atom stereocenters. The Bertz CT molecular complexity index is 647. The van der Waals surface area contributed by atoms with Crippen molar-refractivity contribution in [2.75, 3.05) is 0 Å². The number of nitrogens with one attached hydrogen (secondary N) is 1. The average Bonchev–Trinajstić information content (AvgIpc) is 2.30. The van der Waals surface area contributed by atoms with Crippen LogP contribution >= 0.6 is 23.2 Å². The lowest BCUT2D eigenvalue weighted by atomic mass is 10.2. The van der Waals surface area contributed by atoms with Crippen molar-refractivity contribution in [2.24, 2.45) is 5.73 Å². The summed E-state index contributed by atoms with van der Waals surface area (Å²) in [6, 6.07) is 2.01. The maximum absolute atomic E-state index is 12.0. The third kappa shape index (κ3) is 4.34. The van der Waals surface area contributed by atoms with Gasteiger partial charge in [-0.3, -0.25) is 9.59 Å². The number of aliphatic carboxylic acids is 1. The molecule has 4 N–H and O–H groups in total. The number of carboxylic acids is 1. The summed E-state index contributed by atoms with van der Waals surface area (Å²) in [6.07, 6.45) is -0.688. The van der Waals surface area contributed by atoms with Gasteiger partial charge in [0.15, 0.2) is 0 Å². The first kappa shape index (κ1) is 16.7. The van der Waals surface area contributed by atoms with Crippen LogP contribution in [0.4, 0.5) is 0 Å². The summed E-state index contributed by atoms with van der Waals surface area (Å²) >= 11 is 11.4. The number of rotatable bonds is 6. The highest BCUT2D eigenvalue weighted by atomic mass is 35.5. The van der Waals surface area contributed by atoms with E-state index in [2.05, 4.69) is 0 Å². The summed E-state index contributed by atoms with van der Waals surface area (Å²) < 4.78 is 25.9. The average molecular weight is 341 g/mol. The van der Waals surface area contributed by atoms with Crippen LogP contribution in [0.2, 0.25) is 10.0 Å². The van der Waals surface area contributed by atoms with Crippen molar-refractivity contribution < 1.29 is 23.1 Å². The molecule has 0 radical (unpaired) electrons. The van der Waals surface area contributed by atoms with Crippen molar-refractivity contribution in [3.05, 3.63) is 28.2 Å². The summed E-state index contributed by atoms with van der Waals surface area (Å²) in [4.78, 5) is 21.2. The molecule has 0 aromatic heterocycles. The molecule has 1 amide bonds. The van der Waals surface area contributed by atoms with E-state index in [0.29, 0.717) is 0 Å². The van der Waals surface area contributed by atoms with Crippen LogP contribution in [-0.2, 0) is 19.6 Å². The first-order valence-electron chi connectivity index (χ1n) is 5.12. The molecule has 0 aliphatic heterocycles. The minimum absolute atomic E-state index is 0.108. The molecule has 0 bridgehead atoms. The Labute approximate surface area is 124 Å². The van der Waals surface area contributed by atoms with Crippen LogP contribution in [0.15, 0.2) is 23.1 Å². The minimum Gasteiger partial charge on any atom is -0.480 e.